The second kappa shape index (κ2) is 14.5. The van der Waals surface area contributed by atoms with E-state index < -0.39 is 18.2 Å². The lowest BCUT2D eigenvalue weighted by atomic mass is 10.1. The van der Waals surface area contributed by atoms with Crippen molar-refractivity contribution in [2.75, 3.05) is 0 Å². The Bertz CT molecular complexity index is 712. The molecule has 0 heterocycles. The van der Waals surface area contributed by atoms with Crippen LogP contribution in [-0.2, 0) is 10.1 Å². The van der Waals surface area contributed by atoms with Gasteiger partial charge in [0, 0.05) is 0 Å². The predicted molar refractivity (Wildman–Crippen MR) is 138 cm³/mol. The van der Waals surface area contributed by atoms with Gasteiger partial charge >= 0.3 is 0 Å². The first-order valence-corrected chi connectivity index (χ1v) is 16.9. The molecule has 0 saturated carbocycles. The zero-order chi connectivity index (χ0) is 23.3. The van der Waals surface area contributed by atoms with Crippen LogP contribution in [0, 0.1) is 13.8 Å². The fourth-order valence-electron chi connectivity index (χ4n) is 5.23. The molecule has 5 heteroatoms. The van der Waals surface area contributed by atoms with Gasteiger partial charge in [0.15, 0.2) is 0 Å². The topological polar surface area (TPSA) is 54.4 Å². The van der Waals surface area contributed by atoms with E-state index in [-0.39, 0.29) is 4.90 Å². The summed E-state index contributed by atoms with van der Waals surface area (Å²) in [6, 6.07) is 7.31. The third kappa shape index (κ3) is 9.39. The molecule has 0 atom stereocenters. The van der Waals surface area contributed by atoms with E-state index in [1.54, 1.807) is 6.07 Å². The van der Waals surface area contributed by atoms with Crippen molar-refractivity contribution in [3.63, 3.8) is 0 Å². The van der Waals surface area contributed by atoms with Crippen LogP contribution in [0.25, 0.3) is 0 Å². The summed E-state index contributed by atoms with van der Waals surface area (Å²) in [7, 11) is -6.32. The van der Waals surface area contributed by atoms with Crippen LogP contribution in [-0.4, -0.2) is 21.0 Å². The van der Waals surface area contributed by atoms with Gasteiger partial charge in [-0.1, -0.05) is 128 Å². The molecule has 0 bridgehead atoms. The van der Waals surface area contributed by atoms with Gasteiger partial charge in [-0.2, -0.15) is 8.42 Å². The van der Waals surface area contributed by atoms with Crippen LogP contribution in [0.4, 0.5) is 0 Å². The van der Waals surface area contributed by atoms with Gasteiger partial charge in [0.1, 0.15) is 0 Å². The van der Waals surface area contributed by atoms with Crippen molar-refractivity contribution in [1.82, 2.24) is 0 Å². The van der Waals surface area contributed by atoms with E-state index in [2.05, 4.69) is 33.8 Å². The maximum absolute atomic E-state index is 12.5. The van der Waals surface area contributed by atoms with Gasteiger partial charge in [-0.15, -0.1) is 0 Å². The summed E-state index contributed by atoms with van der Waals surface area (Å²) in [5.74, 6) is 0. The summed E-state index contributed by atoms with van der Waals surface area (Å²) in [6.07, 6.45) is 14.6. The van der Waals surface area contributed by atoms with Crippen LogP contribution in [0.15, 0.2) is 17.0 Å². The van der Waals surface area contributed by atoms with Crippen molar-refractivity contribution in [3.8, 4) is 0 Å². The van der Waals surface area contributed by atoms with Crippen molar-refractivity contribution in [3.05, 3.63) is 23.3 Å². The Labute approximate surface area is 194 Å². The highest BCUT2D eigenvalue weighted by atomic mass is 32.2. The Morgan fingerprint density at radius 3 is 1.48 bits per heavy atom. The highest BCUT2D eigenvalue weighted by Gasteiger charge is 2.39. The Hall–Kier alpha value is -0.653. The monoisotopic (exact) mass is 468 g/mol. The Morgan fingerprint density at radius 2 is 1.13 bits per heavy atom. The summed E-state index contributed by atoms with van der Waals surface area (Å²) < 4.78 is 35.2. The van der Waals surface area contributed by atoms with Gasteiger partial charge in [0.05, 0.1) is 13.0 Å². The molecule has 0 spiro atoms. The zero-order valence-corrected chi connectivity index (χ0v) is 22.7. The standard InChI is InChI=1S/C26H48O3SSi/c1-6-9-12-15-18-31(19-16-13-10-7-2,20-17-14-11-8-3)26-24(5)21-23(4)22-25(26)30(27,28)29/h21-22H,6-20H2,1-5H3,(H,27,28,29). The van der Waals surface area contributed by atoms with Crippen LogP contribution in [0.5, 0.6) is 0 Å². The number of benzene rings is 1. The van der Waals surface area contributed by atoms with E-state index >= 15 is 0 Å². The molecule has 1 aromatic rings. The smallest absolute Gasteiger partial charge is 0.282 e. The molecule has 0 fully saturated rings. The highest BCUT2D eigenvalue weighted by Crippen LogP contribution is 2.33. The van der Waals surface area contributed by atoms with Crippen LogP contribution < -0.4 is 5.19 Å². The average Bonchev–Trinajstić information content (AvgIpc) is 2.70. The number of hydrogen-bond acceptors (Lipinski definition) is 2. The minimum absolute atomic E-state index is 0.221. The lowest BCUT2D eigenvalue weighted by Crippen LogP contribution is -2.51. The lowest BCUT2D eigenvalue weighted by Gasteiger charge is -2.36. The maximum atomic E-state index is 12.5. The lowest BCUT2D eigenvalue weighted by molar-refractivity contribution is 0.483. The van der Waals surface area contributed by atoms with Gasteiger partial charge in [-0.25, -0.2) is 0 Å². The molecule has 0 unspecified atom stereocenters. The molecule has 0 aromatic heterocycles. The Balaban J connectivity index is 3.47. The second-order valence-electron chi connectivity index (χ2n) is 9.64. The highest BCUT2D eigenvalue weighted by molar-refractivity contribution is 7.86. The van der Waals surface area contributed by atoms with E-state index in [0.717, 1.165) is 34.4 Å². The first-order chi connectivity index (χ1) is 14.7. The Morgan fingerprint density at radius 1 is 0.710 bits per heavy atom. The summed E-state index contributed by atoms with van der Waals surface area (Å²) in [6.45, 7) is 10.7. The number of hydrogen-bond donors (Lipinski definition) is 1. The van der Waals surface area contributed by atoms with Gasteiger partial charge in [0.25, 0.3) is 10.1 Å². The molecule has 31 heavy (non-hydrogen) atoms. The molecule has 1 aromatic carbocycles. The molecule has 0 radical (unpaired) electrons. The molecule has 0 amide bonds. The van der Waals surface area contributed by atoms with Gasteiger partial charge in [-0.3, -0.25) is 4.55 Å². The van der Waals surface area contributed by atoms with Crippen molar-refractivity contribution >= 4 is 23.4 Å². The van der Waals surface area contributed by atoms with Crippen molar-refractivity contribution < 1.29 is 13.0 Å². The minimum atomic E-state index is -4.23. The largest absolute Gasteiger partial charge is 0.294 e. The van der Waals surface area contributed by atoms with E-state index in [9.17, 15) is 13.0 Å². The van der Waals surface area contributed by atoms with Gasteiger partial charge in [-0.05, 0) is 30.7 Å². The minimum Gasteiger partial charge on any atom is -0.282 e. The number of rotatable bonds is 17. The van der Waals surface area contributed by atoms with Crippen LogP contribution in [0.1, 0.15) is 109 Å². The fraction of sp³-hybridized carbons (Fsp3) is 0.769. The van der Waals surface area contributed by atoms with Gasteiger partial charge < -0.3 is 0 Å². The molecule has 0 aliphatic rings. The zero-order valence-electron chi connectivity index (χ0n) is 20.9. The number of aryl methyl sites for hydroxylation is 2. The van der Waals surface area contributed by atoms with Crippen LogP contribution in [0.3, 0.4) is 0 Å². The third-order valence-electron chi connectivity index (χ3n) is 6.78. The first-order valence-electron chi connectivity index (χ1n) is 12.8. The van der Waals surface area contributed by atoms with Crippen LogP contribution >= 0.6 is 0 Å². The normalized spacial score (nSPS) is 12.5. The van der Waals surface area contributed by atoms with Crippen molar-refractivity contribution in [2.45, 2.75) is 135 Å². The molecule has 1 rings (SSSR count). The van der Waals surface area contributed by atoms with Crippen molar-refractivity contribution in [1.29, 1.82) is 0 Å². The summed E-state index contributed by atoms with van der Waals surface area (Å²) in [5, 5.41) is 1.05. The van der Waals surface area contributed by atoms with Crippen LogP contribution in [0.2, 0.25) is 18.1 Å². The van der Waals surface area contributed by atoms with E-state index in [4.69, 9.17) is 0 Å². The van der Waals surface area contributed by atoms with E-state index in [0.29, 0.717) is 0 Å². The predicted octanol–water partition coefficient (Wildman–Crippen LogP) is 7.95. The molecule has 0 saturated heterocycles. The van der Waals surface area contributed by atoms with Crippen molar-refractivity contribution in [2.24, 2.45) is 0 Å². The maximum Gasteiger partial charge on any atom is 0.294 e. The molecular weight excluding hydrogens is 420 g/mol. The molecule has 0 aliphatic heterocycles. The van der Waals surface area contributed by atoms with Gasteiger partial charge in [0.2, 0.25) is 0 Å². The van der Waals surface area contributed by atoms with E-state index in [1.165, 1.54) is 77.0 Å². The molecule has 3 nitrogen and oxygen atoms in total. The Kier molecular flexibility index (Phi) is 13.3. The quantitative estimate of drug-likeness (QED) is 0.143. The summed E-state index contributed by atoms with van der Waals surface area (Å²) in [5.41, 5.74) is 2.00. The molecule has 1 N–H and O–H groups in total. The SMILES string of the molecule is CCCCCC[Si](CCCCCC)(CCCCCC)c1c(C)cc(C)cc1S(=O)(=O)O. The fourth-order valence-corrected chi connectivity index (χ4v) is 12.8. The summed E-state index contributed by atoms with van der Waals surface area (Å²) in [4.78, 5) is 0.221. The summed E-state index contributed by atoms with van der Waals surface area (Å²) >= 11 is 0. The third-order valence-corrected chi connectivity index (χ3v) is 13.5. The molecular formula is C26H48O3SSi. The number of unbranched alkanes of at least 4 members (excludes halogenated alkanes) is 9. The second-order valence-corrected chi connectivity index (χ2v) is 15.6. The first kappa shape index (κ1) is 28.4. The molecule has 180 valence electrons. The molecule has 0 aliphatic carbocycles. The van der Waals surface area contributed by atoms with E-state index in [1.807, 2.05) is 6.92 Å². The average molecular weight is 469 g/mol.